The number of rotatable bonds is 11. The molecule has 0 atom stereocenters. The molecule has 21 heavy (non-hydrogen) atoms. The first-order valence-corrected chi connectivity index (χ1v) is 8.20. The molecule has 0 aromatic heterocycles. The van der Waals surface area contributed by atoms with Gasteiger partial charge in [-0.2, -0.15) is 0 Å². The first-order valence-electron chi connectivity index (χ1n) is 8.20. The molecule has 1 aromatic carbocycles. The lowest BCUT2D eigenvalue weighted by molar-refractivity contribution is 0.0696. The molecule has 0 aliphatic rings. The number of carboxylic acids is 1. The average Bonchev–Trinajstić information content (AvgIpc) is 2.46. The molecule has 0 heterocycles. The molecule has 0 radical (unpaired) electrons. The smallest absolute Gasteiger partial charge is 0.335 e. The number of hydrogen-bond donors (Lipinski definition) is 2. The van der Waals surface area contributed by atoms with Crippen molar-refractivity contribution in [2.75, 3.05) is 0 Å². The van der Waals surface area contributed by atoms with Crippen molar-refractivity contribution in [2.45, 2.75) is 71.1 Å². The van der Waals surface area contributed by atoms with Crippen molar-refractivity contribution in [3.8, 4) is 5.75 Å². The Hall–Kier alpha value is -1.51. The van der Waals surface area contributed by atoms with Gasteiger partial charge < -0.3 is 10.2 Å². The Bertz CT molecular complexity index is 426. The molecule has 0 unspecified atom stereocenters. The Kier molecular flexibility index (Phi) is 8.56. The fourth-order valence-electron chi connectivity index (χ4n) is 2.53. The number of benzene rings is 1. The zero-order chi connectivity index (χ0) is 15.5. The zero-order valence-corrected chi connectivity index (χ0v) is 13.1. The number of hydrogen-bond acceptors (Lipinski definition) is 2. The summed E-state index contributed by atoms with van der Waals surface area (Å²) in [5.41, 5.74) is 0.992. The third-order valence-corrected chi connectivity index (χ3v) is 3.88. The van der Waals surface area contributed by atoms with Gasteiger partial charge in [0.2, 0.25) is 0 Å². The van der Waals surface area contributed by atoms with Crippen LogP contribution in [0, 0.1) is 0 Å². The SMILES string of the molecule is CCCCCCCCCCCc1ccc(C(=O)O)cc1O. The van der Waals surface area contributed by atoms with Gasteiger partial charge in [-0.3, -0.25) is 0 Å². The molecule has 0 bridgehead atoms. The van der Waals surface area contributed by atoms with Gasteiger partial charge in [0.15, 0.2) is 0 Å². The lowest BCUT2D eigenvalue weighted by Crippen LogP contribution is -1.97. The van der Waals surface area contributed by atoms with Gasteiger partial charge in [0, 0.05) is 0 Å². The van der Waals surface area contributed by atoms with E-state index in [0.717, 1.165) is 18.4 Å². The Balaban J connectivity index is 2.14. The molecule has 0 aliphatic carbocycles. The molecule has 1 aromatic rings. The topological polar surface area (TPSA) is 57.5 Å². The molecule has 2 N–H and O–H groups in total. The zero-order valence-electron chi connectivity index (χ0n) is 13.1. The largest absolute Gasteiger partial charge is 0.508 e. The van der Waals surface area contributed by atoms with Crippen LogP contribution >= 0.6 is 0 Å². The van der Waals surface area contributed by atoms with Crippen LogP contribution in [0.4, 0.5) is 0 Å². The summed E-state index contributed by atoms with van der Waals surface area (Å²) in [5.74, 6) is -0.894. The second-order valence-electron chi connectivity index (χ2n) is 5.73. The number of phenolic OH excluding ortho intramolecular Hbond substituents is 1. The van der Waals surface area contributed by atoms with E-state index in [1.165, 1.54) is 57.4 Å². The van der Waals surface area contributed by atoms with E-state index in [-0.39, 0.29) is 11.3 Å². The van der Waals surface area contributed by atoms with Crippen LogP contribution in [-0.2, 0) is 6.42 Å². The van der Waals surface area contributed by atoms with E-state index in [9.17, 15) is 9.90 Å². The third-order valence-electron chi connectivity index (χ3n) is 3.88. The highest BCUT2D eigenvalue weighted by Crippen LogP contribution is 2.21. The van der Waals surface area contributed by atoms with Gasteiger partial charge >= 0.3 is 5.97 Å². The second kappa shape index (κ2) is 10.3. The fourth-order valence-corrected chi connectivity index (χ4v) is 2.53. The van der Waals surface area contributed by atoms with Crippen molar-refractivity contribution in [1.29, 1.82) is 0 Å². The van der Waals surface area contributed by atoms with Crippen molar-refractivity contribution in [3.63, 3.8) is 0 Å². The average molecular weight is 292 g/mol. The van der Waals surface area contributed by atoms with Crippen LogP contribution in [0.3, 0.4) is 0 Å². The van der Waals surface area contributed by atoms with Crippen LogP contribution in [-0.4, -0.2) is 16.2 Å². The first-order chi connectivity index (χ1) is 10.1. The highest BCUT2D eigenvalue weighted by atomic mass is 16.4. The van der Waals surface area contributed by atoms with Crippen molar-refractivity contribution in [1.82, 2.24) is 0 Å². The van der Waals surface area contributed by atoms with Gasteiger partial charge in [-0.15, -0.1) is 0 Å². The van der Waals surface area contributed by atoms with E-state index in [1.54, 1.807) is 12.1 Å². The fraction of sp³-hybridized carbons (Fsp3) is 0.611. The maximum atomic E-state index is 10.8. The van der Waals surface area contributed by atoms with Gasteiger partial charge in [0.05, 0.1) is 5.56 Å². The van der Waals surface area contributed by atoms with E-state index in [2.05, 4.69) is 6.92 Å². The molecule has 0 amide bonds. The minimum absolute atomic E-state index is 0.106. The number of aromatic hydroxyl groups is 1. The summed E-state index contributed by atoms with van der Waals surface area (Å²) in [5, 5.41) is 18.6. The normalized spacial score (nSPS) is 10.7. The van der Waals surface area contributed by atoms with E-state index >= 15 is 0 Å². The molecular formula is C18H28O3. The highest BCUT2D eigenvalue weighted by Gasteiger charge is 2.07. The first kappa shape index (κ1) is 17.5. The maximum absolute atomic E-state index is 10.8. The predicted octanol–water partition coefficient (Wildman–Crippen LogP) is 5.16. The van der Waals surface area contributed by atoms with Crippen molar-refractivity contribution in [3.05, 3.63) is 29.3 Å². The number of aromatic carboxylic acids is 1. The Morgan fingerprint density at radius 3 is 2.05 bits per heavy atom. The lowest BCUT2D eigenvalue weighted by Gasteiger charge is -2.06. The predicted molar refractivity (Wildman–Crippen MR) is 86.0 cm³/mol. The van der Waals surface area contributed by atoms with Crippen LogP contribution in [0.5, 0.6) is 5.75 Å². The summed E-state index contributed by atoms with van der Waals surface area (Å²) in [6.07, 6.45) is 12.3. The molecule has 0 fully saturated rings. The molecular weight excluding hydrogens is 264 g/mol. The number of phenols is 1. The van der Waals surface area contributed by atoms with Crippen molar-refractivity contribution < 1.29 is 15.0 Å². The number of aryl methyl sites for hydroxylation is 1. The Labute approximate surface area is 128 Å². The molecule has 1 rings (SSSR count). The van der Waals surface area contributed by atoms with E-state index in [4.69, 9.17) is 5.11 Å². The monoisotopic (exact) mass is 292 g/mol. The van der Waals surface area contributed by atoms with E-state index in [0.29, 0.717) is 0 Å². The van der Waals surface area contributed by atoms with Gasteiger partial charge in [-0.1, -0.05) is 64.4 Å². The third kappa shape index (κ3) is 7.16. The number of carbonyl (C=O) groups is 1. The summed E-state index contributed by atoms with van der Waals surface area (Å²) in [7, 11) is 0. The minimum Gasteiger partial charge on any atom is -0.508 e. The summed E-state index contributed by atoms with van der Waals surface area (Å²) >= 11 is 0. The van der Waals surface area contributed by atoms with E-state index < -0.39 is 5.97 Å². The second-order valence-corrected chi connectivity index (χ2v) is 5.73. The maximum Gasteiger partial charge on any atom is 0.335 e. The van der Waals surface area contributed by atoms with E-state index in [1.807, 2.05) is 0 Å². The van der Waals surface area contributed by atoms with Crippen LogP contribution in [0.25, 0.3) is 0 Å². The minimum atomic E-state index is -1.00. The quantitative estimate of drug-likeness (QED) is 0.554. The van der Waals surface area contributed by atoms with Gasteiger partial charge in [0.1, 0.15) is 5.75 Å². The summed E-state index contributed by atoms with van der Waals surface area (Å²) in [6, 6.07) is 4.63. The van der Waals surface area contributed by atoms with Gasteiger partial charge in [0.25, 0.3) is 0 Å². The summed E-state index contributed by atoms with van der Waals surface area (Å²) in [6.45, 7) is 2.23. The van der Waals surface area contributed by atoms with Crippen LogP contribution in [0.2, 0.25) is 0 Å². The molecule has 3 nitrogen and oxygen atoms in total. The summed E-state index contributed by atoms with van der Waals surface area (Å²) < 4.78 is 0. The molecule has 3 heteroatoms. The van der Waals surface area contributed by atoms with Crippen LogP contribution in [0.15, 0.2) is 18.2 Å². The molecule has 0 saturated carbocycles. The molecule has 0 spiro atoms. The van der Waals surface area contributed by atoms with Crippen molar-refractivity contribution in [2.24, 2.45) is 0 Å². The van der Waals surface area contributed by atoms with Gasteiger partial charge in [-0.25, -0.2) is 4.79 Å². The molecule has 118 valence electrons. The number of unbranched alkanes of at least 4 members (excludes halogenated alkanes) is 8. The standard InChI is InChI=1S/C18H28O3/c1-2-3-4-5-6-7-8-9-10-11-15-12-13-16(18(20)21)14-17(15)19/h12-14,19H,2-11H2,1H3,(H,20,21). The Morgan fingerprint density at radius 1 is 0.952 bits per heavy atom. The highest BCUT2D eigenvalue weighted by molar-refractivity contribution is 5.88. The van der Waals surface area contributed by atoms with Crippen LogP contribution < -0.4 is 0 Å². The lowest BCUT2D eigenvalue weighted by atomic mass is 10.0. The molecule has 0 saturated heterocycles. The van der Waals surface area contributed by atoms with Crippen molar-refractivity contribution >= 4 is 5.97 Å². The van der Waals surface area contributed by atoms with Gasteiger partial charge in [-0.05, 0) is 30.5 Å². The molecule has 0 aliphatic heterocycles. The Morgan fingerprint density at radius 2 is 1.52 bits per heavy atom. The van der Waals surface area contributed by atoms with Crippen LogP contribution in [0.1, 0.15) is 80.6 Å². The summed E-state index contributed by atoms with van der Waals surface area (Å²) in [4.78, 5) is 10.8. The number of carboxylic acid groups (broad SMARTS) is 1.